The maximum Gasteiger partial charge on any atom is 0.257 e. The summed E-state index contributed by atoms with van der Waals surface area (Å²) in [6.45, 7) is 3.41. The number of aromatic nitrogens is 4. The van der Waals surface area contributed by atoms with Gasteiger partial charge in [-0.1, -0.05) is 6.07 Å². The molecule has 3 aromatic rings. The standard InChI is InChI=1S/C24H28N6O2/c1-15-21(23(31)29-10-9-18(14-29)28(2)3)13-26-30(15)24-25-12-17-6-5-16-7-8-19(32-4)11-20(16)22(17)27-24/h7-8,11-13,18H,5-6,9-10,14H2,1-4H3/t18-/m1/s1. The van der Waals surface area contributed by atoms with E-state index in [0.717, 1.165) is 60.6 Å². The van der Waals surface area contributed by atoms with Gasteiger partial charge in [0.1, 0.15) is 5.75 Å². The Kier molecular flexibility index (Phi) is 5.17. The van der Waals surface area contributed by atoms with Gasteiger partial charge in [-0.05, 0) is 63.5 Å². The zero-order valence-electron chi connectivity index (χ0n) is 19.0. The number of carbonyl (C=O) groups is 1. The van der Waals surface area contributed by atoms with Crippen molar-refractivity contribution in [2.45, 2.75) is 32.2 Å². The highest BCUT2D eigenvalue weighted by Crippen LogP contribution is 2.34. The van der Waals surface area contributed by atoms with Gasteiger partial charge in [0.15, 0.2) is 0 Å². The molecule has 1 aliphatic heterocycles. The predicted octanol–water partition coefficient (Wildman–Crippen LogP) is 2.52. The number of likely N-dealkylation sites (N-methyl/N-ethyl adjacent to an activating group) is 1. The van der Waals surface area contributed by atoms with Crippen molar-refractivity contribution in [2.24, 2.45) is 0 Å². The van der Waals surface area contributed by atoms with Crippen molar-refractivity contribution in [3.8, 4) is 23.0 Å². The van der Waals surface area contributed by atoms with Crippen LogP contribution < -0.4 is 4.74 Å². The number of nitrogens with zero attached hydrogens (tertiary/aromatic N) is 6. The Hall–Kier alpha value is -3.26. The molecule has 1 aliphatic carbocycles. The van der Waals surface area contributed by atoms with Crippen LogP contribution in [0.25, 0.3) is 17.2 Å². The zero-order chi connectivity index (χ0) is 22.4. The molecule has 0 radical (unpaired) electrons. The van der Waals surface area contributed by atoms with Crippen LogP contribution in [0, 0.1) is 6.92 Å². The van der Waals surface area contributed by atoms with Gasteiger partial charge in [0.25, 0.3) is 11.9 Å². The van der Waals surface area contributed by atoms with E-state index in [1.807, 2.05) is 30.2 Å². The average molecular weight is 433 g/mol. The normalized spacial score (nSPS) is 17.4. The van der Waals surface area contributed by atoms with Crippen LogP contribution in [0.4, 0.5) is 0 Å². The Morgan fingerprint density at radius 1 is 1.19 bits per heavy atom. The number of methoxy groups -OCH3 is 1. The Bertz CT molecular complexity index is 1190. The zero-order valence-corrected chi connectivity index (χ0v) is 19.0. The molecular weight excluding hydrogens is 404 g/mol. The van der Waals surface area contributed by atoms with Crippen molar-refractivity contribution in [3.05, 3.63) is 53.0 Å². The first-order valence-corrected chi connectivity index (χ1v) is 11.0. The first-order valence-electron chi connectivity index (χ1n) is 11.0. The summed E-state index contributed by atoms with van der Waals surface area (Å²) in [6, 6.07) is 6.52. The molecule has 1 saturated heterocycles. The number of amides is 1. The maximum absolute atomic E-state index is 13.1. The van der Waals surface area contributed by atoms with Crippen LogP contribution in [0.1, 0.15) is 33.6 Å². The lowest BCUT2D eigenvalue weighted by Gasteiger charge is -2.20. The van der Waals surface area contributed by atoms with Crippen LogP contribution in [0.5, 0.6) is 5.75 Å². The highest BCUT2D eigenvalue weighted by Gasteiger charge is 2.30. The lowest BCUT2D eigenvalue weighted by molar-refractivity contribution is 0.0782. The third kappa shape index (κ3) is 3.44. The van der Waals surface area contributed by atoms with Crippen LogP contribution in [-0.2, 0) is 12.8 Å². The second kappa shape index (κ2) is 8.02. The van der Waals surface area contributed by atoms with E-state index in [9.17, 15) is 4.79 Å². The SMILES string of the molecule is COc1ccc2c(c1)-c1nc(-n3ncc(C(=O)N4CC[C@@H](N(C)C)C4)c3C)ncc1CC2. The molecule has 32 heavy (non-hydrogen) atoms. The molecule has 8 heteroatoms. The van der Waals surface area contributed by atoms with E-state index in [0.29, 0.717) is 17.6 Å². The molecule has 0 spiro atoms. The molecule has 1 amide bonds. The number of aryl methyl sites for hydroxylation is 2. The third-order valence-corrected chi connectivity index (χ3v) is 6.70. The van der Waals surface area contributed by atoms with E-state index in [-0.39, 0.29) is 5.91 Å². The van der Waals surface area contributed by atoms with Gasteiger partial charge in [-0.2, -0.15) is 5.10 Å². The molecule has 166 valence electrons. The van der Waals surface area contributed by atoms with E-state index in [2.05, 4.69) is 35.1 Å². The number of fused-ring (bicyclic) bond motifs is 3. The fraction of sp³-hybridized carbons (Fsp3) is 0.417. The van der Waals surface area contributed by atoms with Crippen molar-refractivity contribution in [3.63, 3.8) is 0 Å². The summed E-state index contributed by atoms with van der Waals surface area (Å²) in [6.07, 6.45) is 6.37. The van der Waals surface area contributed by atoms with Gasteiger partial charge in [0, 0.05) is 30.9 Å². The molecule has 2 aliphatic rings. The van der Waals surface area contributed by atoms with Crippen molar-refractivity contribution >= 4 is 5.91 Å². The Morgan fingerprint density at radius 2 is 2.00 bits per heavy atom. The summed E-state index contributed by atoms with van der Waals surface area (Å²) >= 11 is 0. The highest BCUT2D eigenvalue weighted by atomic mass is 16.5. The molecule has 0 N–H and O–H groups in total. The van der Waals surface area contributed by atoms with Gasteiger partial charge in [-0.15, -0.1) is 0 Å². The highest BCUT2D eigenvalue weighted by molar-refractivity contribution is 5.95. The predicted molar refractivity (Wildman–Crippen MR) is 121 cm³/mol. The number of hydrogen-bond donors (Lipinski definition) is 0. The summed E-state index contributed by atoms with van der Waals surface area (Å²) < 4.78 is 7.09. The summed E-state index contributed by atoms with van der Waals surface area (Å²) in [7, 11) is 5.79. The second-order valence-corrected chi connectivity index (χ2v) is 8.78. The summed E-state index contributed by atoms with van der Waals surface area (Å²) in [5.74, 6) is 1.30. The minimum absolute atomic E-state index is 0.0196. The molecule has 3 heterocycles. The first kappa shape index (κ1) is 20.6. The second-order valence-electron chi connectivity index (χ2n) is 8.78. The molecule has 0 bridgehead atoms. The molecule has 1 atom stereocenters. The van der Waals surface area contributed by atoms with Crippen LogP contribution in [-0.4, -0.2) is 75.8 Å². The van der Waals surface area contributed by atoms with Gasteiger partial charge in [-0.25, -0.2) is 14.6 Å². The van der Waals surface area contributed by atoms with Crippen LogP contribution in [0.3, 0.4) is 0 Å². The molecule has 0 unspecified atom stereocenters. The molecular formula is C24H28N6O2. The number of likely N-dealkylation sites (tertiary alicyclic amines) is 1. The van der Waals surface area contributed by atoms with Crippen molar-refractivity contribution in [1.29, 1.82) is 0 Å². The molecule has 2 aromatic heterocycles. The minimum atomic E-state index is 0.0196. The lowest BCUT2D eigenvalue weighted by Crippen LogP contribution is -2.34. The fourth-order valence-corrected chi connectivity index (χ4v) is 4.65. The van der Waals surface area contributed by atoms with Crippen molar-refractivity contribution in [1.82, 2.24) is 29.5 Å². The molecule has 8 nitrogen and oxygen atoms in total. The van der Waals surface area contributed by atoms with Crippen molar-refractivity contribution < 1.29 is 9.53 Å². The largest absolute Gasteiger partial charge is 0.497 e. The molecule has 5 rings (SSSR count). The summed E-state index contributed by atoms with van der Waals surface area (Å²) in [5, 5.41) is 4.48. The Labute approximate surface area is 187 Å². The Morgan fingerprint density at radius 3 is 2.75 bits per heavy atom. The molecule has 0 saturated carbocycles. The van der Waals surface area contributed by atoms with Gasteiger partial charge >= 0.3 is 0 Å². The maximum atomic E-state index is 13.1. The molecule has 1 aromatic carbocycles. The minimum Gasteiger partial charge on any atom is -0.497 e. The molecule has 1 fully saturated rings. The van der Waals surface area contributed by atoms with Crippen molar-refractivity contribution in [2.75, 3.05) is 34.3 Å². The third-order valence-electron chi connectivity index (χ3n) is 6.70. The summed E-state index contributed by atoms with van der Waals surface area (Å²) in [4.78, 5) is 26.7. The van der Waals surface area contributed by atoms with E-state index >= 15 is 0 Å². The fourth-order valence-electron chi connectivity index (χ4n) is 4.65. The number of ether oxygens (including phenoxy) is 1. The van der Waals surface area contributed by atoms with Crippen LogP contribution >= 0.6 is 0 Å². The number of rotatable bonds is 4. The number of hydrogen-bond acceptors (Lipinski definition) is 6. The van der Waals surface area contributed by atoms with E-state index in [4.69, 9.17) is 9.72 Å². The van der Waals surface area contributed by atoms with Crippen LogP contribution in [0.2, 0.25) is 0 Å². The van der Waals surface area contributed by atoms with E-state index < -0.39 is 0 Å². The quantitative estimate of drug-likeness (QED) is 0.631. The first-order chi connectivity index (χ1) is 15.5. The lowest BCUT2D eigenvalue weighted by atomic mass is 9.90. The Balaban J connectivity index is 1.47. The summed E-state index contributed by atoms with van der Waals surface area (Å²) in [5.41, 5.74) is 5.70. The van der Waals surface area contributed by atoms with Gasteiger partial charge in [0.05, 0.1) is 30.3 Å². The average Bonchev–Trinajstić information content (AvgIpc) is 3.45. The van der Waals surface area contributed by atoms with E-state index in [1.165, 1.54) is 5.56 Å². The monoisotopic (exact) mass is 432 g/mol. The number of carbonyl (C=O) groups excluding carboxylic acids is 1. The van der Waals surface area contributed by atoms with Gasteiger partial charge in [0.2, 0.25) is 0 Å². The van der Waals surface area contributed by atoms with Gasteiger partial charge in [-0.3, -0.25) is 4.79 Å². The van der Waals surface area contributed by atoms with E-state index in [1.54, 1.807) is 18.0 Å². The topological polar surface area (TPSA) is 76.4 Å². The van der Waals surface area contributed by atoms with Crippen LogP contribution in [0.15, 0.2) is 30.6 Å². The number of benzene rings is 1. The smallest absolute Gasteiger partial charge is 0.257 e. The van der Waals surface area contributed by atoms with Gasteiger partial charge < -0.3 is 14.5 Å².